The number of thioether (sulfide) groups is 1. The first-order valence-corrected chi connectivity index (χ1v) is 5.35. The lowest BCUT2D eigenvalue weighted by Gasteiger charge is -1.99. The molecule has 1 rings (SSSR count). The molecule has 0 bridgehead atoms. The number of benzene rings is 1. The predicted octanol–water partition coefficient (Wildman–Crippen LogP) is 4.08. The van der Waals surface area contributed by atoms with Gasteiger partial charge in [0.1, 0.15) is 0 Å². The van der Waals surface area contributed by atoms with Crippen LogP contribution in [0.3, 0.4) is 0 Å². The molecule has 0 amide bonds. The van der Waals surface area contributed by atoms with E-state index < -0.39 is 12.0 Å². The normalized spacial score (nSPS) is 12.0. The maximum Gasteiger partial charge on any atom is 0.454 e. The lowest BCUT2D eigenvalue weighted by atomic mass is 10.4. The molecule has 16 heavy (non-hydrogen) atoms. The number of allylic oxidation sites excluding steroid dienone is 1. The third-order valence-corrected chi connectivity index (χ3v) is 2.59. The van der Waals surface area contributed by atoms with Crippen molar-refractivity contribution in [3.05, 3.63) is 40.8 Å². The van der Waals surface area contributed by atoms with Gasteiger partial charge < -0.3 is 0 Å². The summed E-state index contributed by atoms with van der Waals surface area (Å²) >= 11 is 6.64. The molecule has 86 valence electrons. The first kappa shape index (κ1) is 13.1. The monoisotopic (exact) mass is 266 g/mol. The van der Waals surface area contributed by atoms with Gasteiger partial charge in [-0.15, -0.1) is 0 Å². The van der Waals surface area contributed by atoms with E-state index in [0.29, 0.717) is 16.0 Å². The Kier molecular flexibility index (Phi) is 4.44. The van der Waals surface area contributed by atoms with Gasteiger partial charge in [-0.25, -0.2) is 0 Å². The van der Waals surface area contributed by atoms with Crippen LogP contribution in [0.5, 0.6) is 0 Å². The van der Waals surface area contributed by atoms with E-state index in [1.54, 1.807) is 24.3 Å². The SMILES string of the molecule is O=C(/C=C/Sc1ccc(Cl)cc1)C(F)(F)F. The Balaban J connectivity index is 2.55. The van der Waals surface area contributed by atoms with Crippen LogP contribution < -0.4 is 0 Å². The second-order valence-electron chi connectivity index (χ2n) is 2.74. The topological polar surface area (TPSA) is 17.1 Å². The molecule has 0 unspecified atom stereocenters. The molecule has 0 aliphatic carbocycles. The highest BCUT2D eigenvalue weighted by atomic mass is 35.5. The summed E-state index contributed by atoms with van der Waals surface area (Å²) in [4.78, 5) is 11.2. The molecule has 0 spiro atoms. The van der Waals surface area contributed by atoms with E-state index in [-0.39, 0.29) is 0 Å². The second kappa shape index (κ2) is 5.41. The fourth-order valence-electron chi connectivity index (χ4n) is 0.782. The number of hydrogen-bond donors (Lipinski definition) is 0. The van der Waals surface area contributed by atoms with Crippen LogP contribution in [0.25, 0.3) is 0 Å². The summed E-state index contributed by atoms with van der Waals surface area (Å²) in [5, 5.41) is 1.64. The van der Waals surface area contributed by atoms with Gasteiger partial charge in [-0.05, 0) is 35.7 Å². The third-order valence-electron chi connectivity index (χ3n) is 1.52. The fraction of sp³-hybridized carbons (Fsp3) is 0.100. The van der Waals surface area contributed by atoms with Crippen molar-refractivity contribution in [2.24, 2.45) is 0 Å². The molecule has 0 aliphatic rings. The molecule has 0 aliphatic heterocycles. The van der Waals surface area contributed by atoms with Crippen LogP contribution in [0.4, 0.5) is 13.2 Å². The van der Waals surface area contributed by atoms with Crippen molar-refractivity contribution in [3.8, 4) is 0 Å². The molecule has 6 heteroatoms. The first-order valence-electron chi connectivity index (χ1n) is 4.09. The molecule has 0 heterocycles. The molecule has 0 radical (unpaired) electrons. The van der Waals surface area contributed by atoms with Crippen molar-refractivity contribution < 1.29 is 18.0 Å². The second-order valence-corrected chi connectivity index (χ2v) is 4.15. The molecule has 0 N–H and O–H groups in total. The number of carbonyl (C=O) groups excluding carboxylic acids is 1. The van der Waals surface area contributed by atoms with Crippen LogP contribution in [0.15, 0.2) is 40.6 Å². The summed E-state index contributed by atoms with van der Waals surface area (Å²) in [6, 6.07) is 6.53. The molecule has 0 fully saturated rings. The highest BCUT2D eigenvalue weighted by Gasteiger charge is 2.35. The van der Waals surface area contributed by atoms with Crippen molar-refractivity contribution in [2.45, 2.75) is 11.1 Å². The predicted molar refractivity (Wildman–Crippen MR) is 57.5 cm³/mol. The zero-order chi connectivity index (χ0) is 12.2. The average Bonchev–Trinajstić information content (AvgIpc) is 2.19. The lowest BCUT2D eigenvalue weighted by Crippen LogP contribution is -2.19. The van der Waals surface area contributed by atoms with E-state index >= 15 is 0 Å². The van der Waals surface area contributed by atoms with Crippen LogP contribution in [0.1, 0.15) is 0 Å². The molecule has 1 aromatic carbocycles. The van der Waals surface area contributed by atoms with Gasteiger partial charge in [-0.3, -0.25) is 4.79 Å². The Morgan fingerprint density at radius 1 is 1.25 bits per heavy atom. The molecule has 0 saturated heterocycles. The number of rotatable bonds is 3. The average molecular weight is 267 g/mol. The van der Waals surface area contributed by atoms with Gasteiger partial charge >= 0.3 is 6.18 Å². The van der Waals surface area contributed by atoms with Crippen molar-refractivity contribution in [2.75, 3.05) is 0 Å². The first-order chi connectivity index (χ1) is 7.39. The Hall–Kier alpha value is -0.940. The van der Waals surface area contributed by atoms with Crippen LogP contribution >= 0.6 is 23.4 Å². The van der Waals surface area contributed by atoms with E-state index in [1.807, 2.05) is 0 Å². The number of ketones is 1. The van der Waals surface area contributed by atoms with Crippen LogP contribution in [0.2, 0.25) is 5.02 Å². The molecular weight excluding hydrogens is 261 g/mol. The number of halogens is 4. The van der Waals surface area contributed by atoms with E-state index in [4.69, 9.17) is 11.6 Å². The smallest absolute Gasteiger partial charge is 0.285 e. The highest BCUT2D eigenvalue weighted by molar-refractivity contribution is 8.02. The van der Waals surface area contributed by atoms with Crippen molar-refractivity contribution >= 4 is 29.1 Å². The van der Waals surface area contributed by atoms with Crippen LogP contribution in [-0.2, 0) is 4.79 Å². The Bertz CT molecular complexity index is 398. The summed E-state index contributed by atoms with van der Waals surface area (Å²) < 4.78 is 35.4. The van der Waals surface area contributed by atoms with E-state index in [1.165, 1.54) is 0 Å². The van der Waals surface area contributed by atoms with Crippen LogP contribution in [-0.4, -0.2) is 12.0 Å². The largest absolute Gasteiger partial charge is 0.454 e. The minimum Gasteiger partial charge on any atom is -0.285 e. The highest BCUT2D eigenvalue weighted by Crippen LogP contribution is 2.22. The number of carbonyl (C=O) groups is 1. The Morgan fingerprint density at radius 2 is 1.81 bits per heavy atom. The van der Waals surface area contributed by atoms with Gasteiger partial charge in [-0.1, -0.05) is 23.4 Å². The van der Waals surface area contributed by atoms with Gasteiger partial charge in [0.25, 0.3) is 5.78 Å². The molecule has 1 nitrogen and oxygen atoms in total. The zero-order valence-electron chi connectivity index (χ0n) is 7.79. The summed E-state index contributed by atoms with van der Waals surface area (Å²) in [7, 11) is 0. The van der Waals surface area contributed by atoms with Gasteiger partial charge in [0.05, 0.1) is 0 Å². The minimum atomic E-state index is -4.81. The number of alkyl halides is 3. The summed E-state index contributed by atoms with van der Waals surface area (Å²) in [6.07, 6.45) is -4.31. The van der Waals surface area contributed by atoms with Gasteiger partial charge in [0.15, 0.2) is 0 Å². The molecule has 0 saturated carbocycles. The Morgan fingerprint density at radius 3 is 2.31 bits per heavy atom. The van der Waals surface area contributed by atoms with E-state index in [0.717, 1.165) is 17.2 Å². The van der Waals surface area contributed by atoms with E-state index in [2.05, 4.69) is 0 Å². The van der Waals surface area contributed by atoms with E-state index in [9.17, 15) is 18.0 Å². The van der Waals surface area contributed by atoms with Crippen molar-refractivity contribution in [3.63, 3.8) is 0 Å². The zero-order valence-corrected chi connectivity index (χ0v) is 9.36. The maximum absolute atomic E-state index is 11.8. The molecule has 0 atom stereocenters. The quantitative estimate of drug-likeness (QED) is 0.606. The Labute approximate surface area is 99.3 Å². The van der Waals surface area contributed by atoms with Gasteiger partial charge in [0, 0.05) is 9.92 Å². The number of hydrogen-bond acceptors (Lipinski definition) is 2. The van der Waals surface area contributed by atoms with Gasteiger partial charge in [0.2, 0.25) is 0 Å². The third kappa shape index (κ3) is 4.28. The minimum absolute atomic E-state index is 0.499. The standard InChI is InChI=1S/C10H6ClF3OS/c11-7-1-3-8(4-2-7)16-6-5-9(15)10(12,13)14/h1-6H/b6-5+. The summed E-state index contributed by atoms with van der Waals surface area (Å²) in [6.45, 7) is 0. The maximum atomic E-state index is 11.8. The van der Waals surface area contributed by atoms with Crippen LogP contribution in [0, 0.1) is 0 Å². The molecular formula is C10H6ClF3OS. The molecule has 0 aromatic heterocycles. The van der Waals surface area contributed by atoms with Gasteiger partial charge in [-0.2, -0.15) is 13.2 Å². The van der Waals surface area contributed by atoms with Crippen molar-refractivity contribution in [1.82, 2.24) is 0 Å². The summed E-state index contributed by atoms with van der Waals surface area (Å²) in [5.74, 6) is -1.87. The fourth-order valence-corrected chi connectivity index (χ4v) is 1.55. The lowest BCUT2D eigenvalue weighted by molar-refractivity contribution is -0.165. The summed E-state index contributed by atoms with van der Waals surface area (Å²) in [5.41, 5.74) is 0. The molecule has 1 aromatic rings. The van der Waals surface area contributed by atoms with Crippen molar-refractivity contribution in [1.29, 1.82) is 0 Å².